The molecule has 0 atom stereocenters. The lowest BCUT2D eigenvalue weighted by Crippen LogP contribution is -2.33. The Hall–Kier alpha value is -2.90. The molecular weight excluding hydrogens is 408 g/mol. The van der Waals surface area contributed by atoms with Crippen molar-refractivity contribution in [1.82, 2.24) is 10.5 Å². The molecule has 2 N–H and O–H groups in total. The van der Waals surface area contributed by atoms with Gasteiger partial charge in [-0.15, -0.1) is 0 Å². The van der Waals surface area contributed by atoms with Crippen molar-refractivity contribution in [2.24, 2.45) is 0 Å². The van der Waals surface area contributed by atoms with E-state index in [9.17, 15) is 14.0 Å². The van der Waals surface area contributed by atoms with Gasteiger partial charge in [-0.2, -0.15) is 0 Å². The fourth-order valence-electron chi connectivity index (χ4n) is 2.52. The second-order valence-corrected chi connectivity index (χ2v) is 6.64. The number of anilines is 1. The number of hydrogen-bond donors (Lipinski definition) is 2. The summed E-state index contributed by atoms with van der Waals surface area (Å²) in [4.78, 5) is 24.6. The first-order valence-electron chi connectivity index (χ1n) is 8.11. The lowest BCUT2D eigenvalue weighted by Gasteiger charge is -2.08. The molecule has 6 nitrogen and oxygen atoms in total. The van der Waals surface area contributed by atoms with Crippen LogP contribution >= 0.6 is 23.2 Å². The van der Waals surface area contributed by atoms with Crippen LogP contribution in [-0.2, 0) is 4.79 Å². The minimum absolute atomic E-state index is 0.00583. The molecule has 0 fully saturated rings. The average Bonchev–Trinajstić information content (AvgIpc) is 3.03. The highest BCUT2D eigenvalue weighted by atomic mass is 35.5. The minimum Gasteiger partial charge on any atom is -0.360 e. The third kappa shape index (κ3) is 4.32. The number of amides is 2. The summed E-state index contributed by atoms with van der Waals surface area (Å²) in [6.07, 6.45) is 0. The summed E-state index contributed by atoms with van der Waals surface area (Å²) in [6, 6.07) is 10.6. The molecule has 9 heteroatoms. The number of benzene rings is 2. The fraction of sp³-hybridized carbons (Fsp3) is 0.105. The molecule has 0 aliphatic carbocycles. The summed E-state index contributed by atoms with van der Waals surface area (Å²) in [5.41, 5.74) is 0.461. The highest BCUT2D eigenvalue weighted by molar-refractivity contribution is 6.33. The van der Waals surface area contributed by atoms with Crippen LogP contribution < -0.4 is 10.6 Å². The van der Waals surface area contributed by atoms with Gasteiger partial charge >= 0.3 is 0 Å². The van der Waals surface area contributed by atoms with Gasteiger partial charge in [-0.05, 0) is 43.3 Å². The van der Waals surface area contributed by atoms with E-state index in [-0.39, 0.29) is 34.1 Å². The first-order chi connectivity index (χ1) is 13.4. The van der Waals surface area contributed by atoms with Crippen LogP contribution in [0.4, 0.5) is 10.1 Å². The molecule has 1 heterocycles. The number of carbonyl (C=O) groups excluding carboxylic acids is 2. The van der Waals surface area contributed by atoms with Crippen molar-refractivity contribution in [2.75, 3.05) is 11.9 Å². The molecule has 0 spiro atoms. The summed E-state index contributed by atoms with van der Waals surface area (Å²) >= 11 is 11.8. The smallest absolute Gasteiger partial charge is 0.257 e. The number of carbonyl (C=O) groups is 2. The fourth-order valence-corrected chi connectivity index (χ4v) is 2.90. The molecular formula is C19H14Cl2FN3O3. The Morgan fingerprint density at radius 3 is 2.54 bits per heavy atom. The van der Waals surface area contributed by atoms with E-state index in [2.05, 4.69) is 15.8 Å². The first kappa shape index (κ1) is 19.9. The molecule has 1 aromatic heterocycles. The maximum absolute atomic E-state index is 14.2. The summed E-state index contributed by atoms with van der Waals surface area (Å²) in [7, 11) is 0. The van der Waals surface area contributed by atoms with Crippen LogP contribution in [0, 0.1) is 12.7 Å². The van der Waals surface area contributed by atoms with Gasteiger partial charge in [0, 0.05) is 10.7 Å². The topological polar surface area (TPSA) is 84.2 Å². The van der Waals surface area contributed by atoms with Crippen molar-refractivity contribution in [1.29, 1.82) is 0 Å². The highest BCUT2D eigenvalue weighted by Crippen LogP contribution is 2.33. The summed E-state index contributed by atoms with van der Waals surface area (Å²) in [5, 5.41) is 9.46. The molecule has 0 saturated heterocycles. The van der Waals surface area contributed by atoms with E-state index in [1.165, 1.54) is 25.1 Å². The van der Waals surface area contributed by atoms with Gasteiger partial charge in [-0.1, -0.05) is 34.4 Å². The van der Waals surface area contributed by atoms with Gasteiger partial charge in [-0.3, -0.25) is 9.59 Å². The van der Waals surface area contributed by atoms with Crippen molar-refractivity contribution < 1.29 is 18.5 Å². The molecule has 0 aliphatic heterocycles. The van der Waals surface area contributed by atoms with Gasteiger partial charge < -0.3 is 15.2 Å². The van der Waals surface area contributed by atoms with Crippen LogP contribution in [0.5, 0.6) is 0 Å². The molecule has 3 rings (SSSR count). The molecule has 0 bridgehead atoms. The minimum atomic E-state index is -0.643. The summed E-state index contributed by atoms with van der Waals surface area (Å²) in [6.45, 7) is 1.20. The second-order valence-electron chi connectivity index (χ2n) is 5.80. The largest absolute Gasteiger partial charge is 0.360 e. The van der Waals surface area contributed by atoms with Crippen molar-refractivity contribution in [2.45, 2.75) is 6.92 Å². The maximum Gasteiger partial charge on any atom is 0.257 e. The SMILES string of the molecule is Cc1onc(-c2c(F)cccc2Cl)c1C(=O)NCC(=O)Nc1ccc(Cl)cc1. The number of aryl methyl sites for hydroxylation is 1. The second kappa shape index (κ2) is 8.41. The average molecular weight is 422 g/mol. The van der Waals surface area contributed by atoms with E-state index in [0.717, 1.165) is 0 Å². The molecule has 0 aliphatic rings. The third-order valence-electron chi connectivity index (χ3n) is 3.83. The van der Waals surface area contributed by atoms with Crippen LogP contribution in [0.3, 0.4) is 0 Å². The zero-order valence-corrected chi connectivity index (χ0v) is 16.1. The standard InChI is InChI=1S/C19H14Cl2FN3O3/c1-10-16(18(25-28-10)17-13(21)3-2-4-14(17)22)19(27)23-9-15(26)24-12-7-5-11(20)6-8-12/h2-8H,9H2,1H3,(H,23,27)(H,24,26). The monoisotopic (exact) mass is 421 g/mol. The van der Waals surface area contributed by atoms with Gasteiger partial charge in [0.1, 0.15) is 22.8 Å². The third-order valence-corrected chi connectivity index (χ3v) is 4.39. The van der Waals surface area contributed by atoms with Crippen LogP contribution in [0.2, 0.25) is 10.0 Å². The number of nitrogens with zero attached hydrogens (tertiary/aromatic N) is 1. The van der Waals surface area contributed by atoms with Crippen LogP contribution in [-0.4, -0.2) is 23.5 Å². The Morgan fingerprint density at radius 2 is 1.86 bits per heavy atom. The Bertz CT molecular complexity index is 1020. The predicted octanol–water partition coefficient (Wildman–Crippen LogP) is 4.46. The summed E-state index contributed by atoms with van der Waals surface area (Å²) in [5.74, 6) is -1.56. The van der Waals surface area contributed by atoms with Gasteiger partial charge in [0.2, 0.25) is 5.91 Å². The molecule has 2 aromatic carbocycles. The maximum atomic E-state index is 14.2. The van der Waals surface area contributed by atoms with Crippen molar-refractivity contribution in [3.05, 3.63) is 69.7 Å². The predicted molar refractivity (Wildman–Crippen MR) is 104 cm³/mol. The summed E-state index contributed by atoms with van der Waals surface area (Å²) < 4.78 is 19.2. The Morgan fingerprint density at radius 1 is 1.14 bits per heavy atom. The van der Waals surface area contributed by atoms with Crippen LogP contribution in [0.15, 0.2) is 47.0 Å². The van der Waals surface area contributed by atoms with Gasteiger partial charge in [0.05, 0.1) is 17.1 Å². The van der Waals surface area contributed by atoms with E-state index < -0.39 is 17.6 Å². The van der Waals surface area contributed by atoms with Gasteiger partial charge in [-0.25, -0.2) is 4.39 Å². The molecule has 0 radical (unpaired) electrons. The number of hydrogen-bond acceptors (Lipinski definition) is 4. The normalized spacial score (nSPS) is 10.6. The molecule has 3 aromatic rings. The number of halogens is 3. The Balaban J connectivity index is 1.74. The quantitative estimate of drug-likeness (QED) is 0.636. The lowest BCUT2D eigenvalue weighted by molar-refractivity contribution is -0.115. The Labute approximate surface area is 169 Å². The van der Waals surface area contributed by atoms with Crippen molar-refractivity contribution in [3.8, 4) is 11.3 Å². The molecule has 0 saturated carbocycles. The molecule has 2 amide bonds. The van der Waals surface area contributed by atoms with Crippen molar-refractivity contribution >= 4 is 40.7 Å². The zero-order chi connectivity index (χ0) is 20.3. The lowest BCUT2D eigenvalue weighted by atomic mass is 10.0. The number of rotatable bonds is 5. The molecule has 0 unspecified atom stereocenters. The zero-order valence-electron chi connectivity index (χ0n) is 14.6. The van der Waals surface area contributed by atoms with E-state index >= 15 is 0 Å². The van der Waals surface area contributed by atoms with E-state index in [4.69, 9.17) is 27.7 Å². The molecule has 144 valence electrons. The Kier molecular flexibility index (Phi) is 5.96. The van der Waals surface area contributed by atoms with E-state index in [0.29, 0.717) is 10.7 Å². The first-order valence-corrected chi connectivity index (χ1v) is 8.86. The highest BCUT2D eigenvalue weighted by Gasteiger charge is 2.25. The van der Waals surface area contributed by atoms with Crippen LogP contribution in [0.1, 0.15) is 16.1 Å². The number of aromatic nitrogens is 1. The van der Waals surface area contributed by atoms with Gasteiger partial charge in [0.25, 0.3) is 5.91 Å². The van der Waals surface area contributed by atoms with E-state index in [1.54, 1.807) is 24.3 Å². The number of nitrogens with one attached hydrogen (secondary N) is 2. The molecule has 28 heavy (non-hydrogen) atoms. The van der Waals surface area contributed by atoms with Crippen LogP contribution in [0.25, 0.3) is 11.3 Å². The van der Waals surface area contributed by atoms with Crippen molar-refractivity contribution in [3.63, 3.8) is 0 Å². The van der Waals surface area contributed by atoms with E-state index in [1.807, 2.05) is 0 Å². The van der Waals surface area contributed by atoms with Gasteiger partial charge in [0.15, 0.2) is 0 Å².